The van der Waals surface area contributed by atoms with Crippen LogP contribution in [0.3, 0.4) is 0 Å². The van der Waals surface area contributed by atoms with Crippen molar-refractivity contribution in [2.45, 2.75) is 23.8 Å². The summed E-state index contributed by atoms with van der Waals surface area (Å²) in [5.41, 5.74) is 2.06. The van der Waals surface area contributed by atoms with E-state index in [0.29, 0.717) is 17.1 Å². The van der Waals surface area contributed by atoms with Gasteiger partial charge >= 0.3 is 21.4 Å². The molecular weight excluding hydrogens is 538 g/mol. The van der Waals surface area contributed by atoms with Crippen LogP contribution in [0.1, 0.15) is 16.7 Å². The van der Waals surface area contributed by atoms with Crippen molar-refractivity contribution in [2.24, 2.45) is 0 Å². The molecule has 1 N–H and O–H groups in total. The molecule has 14 heteroatoms. The molecule has 0 aliphatic rings. The number of hydrogen-bond acceptors (Lipinski definition) is 6. The Balaban J connectivity index is 1.90. The van der Waals surface area contributed by atoms with Crippen LogP contribution in [0.4, 0.5) is 17.8 Å². The van der Waals surface area contributed by atoms with Crippen molar-refractivity contribution >= 4 is 42.9 Å². The summed E-state index contributed by atoms with van der Waals surface area (Å²) in [6, 6.07) is 10.9. The minimum absolute atomic E-state index is 0.169. The third-order valence-corrected chi connectivity index (χ3v) is 7.44. The normalized spacial score (nSPS) is 14.0. The van der Waals surface area contributed by atoms with Crippen LogP contribution < -0.4 is 4.52 Å². The van der Waals surface area contributed by atoms with E-state index < -0.39 is 27.5 Å². The molecule has 0 aliphatic heterocycles. The Morgan fingerprint density at radius 3 is 2.03 bits per heavy atom. The fourth-order valence-electron chi connectivity index (χ4n) is 2.20. The molecule has 1 unspecified atom stereocenters. The van der Waals surface area contributed by atoms with E-state index in [-0.39, 0.29) is 10.2 Å². The molecule has 0 bridgehead atoms. The zero-order valence-electron chi connectivity index (χ0n) is 14.9. The van der Waals surface area contributed by atoms with Crippen LogP contribution in [0.15, 0.2) is 46.9 Å². The predicted molar refractivity (Wildman–Crippen MR) is 108 cm³/mol. The average Bonchev–Trinajstić information content (AvgIpc) is 2.71. The van der Waals surface area contributed by atoms with E-state index in [4.69, 9.17) is 4.89 Å². The van der Waals surface area contributed by atoms with Gasteiger partial charge in [0, 0.05) is 11.5 Å². The van der Waals surface area contributed by atoms with Gasteiger partial charge in [-0.25, -0.2) is 4.57 Å². The summed E-state index contributed by atoms with van der Waals surface area (Å²) in [6.07, 6.45) is -4.06. The Morgan fingerprint density at radius 1 is 0.967 bits per heavy atom. The fraction of sp³-hybridized carbons (Fsp3) is 0.250. The lowest BCUT2D eigenvalue weighted by Crippen LogP contribution is -2.01. The van der Waals surface area contributed by atoms with Gasteiger partial charge in [0.25, 0.3) is 0 Å². The molecule has 0 radical (unpaired) electrons. The molecule has 2 rings (SSSR count). The number of halogens is 5. The minimum Gasteiger partial charge on any atom is -0.420 e. The van der Waals surface area contributed by atoms with Crippen LogP contribution in [0.5, 0.6) is 5.75 Å². The second kappa shape index (κ2) is 11.1. The molecule has 0 amide bonds. The maximum absolute atomic E-state index is 12.5. The van der Waals surface area contributed by atoms with Gasteiger partial charge in [0.2, 0.25) is 0 Å². The molecule has 30 heavy (non-hydrogen) atoms. The van der Waals surface area contributed by atoms with E-state index in [1.54, 1.807) is 36.4 Å². The van der Waals surface area contributed by atoms with Gasteiger partial charge in [-0.1, -0.05) is 30.3 Å². The lowest BCUT2D eigenvalue weighted by molar-refractivity contribution is -0.0881. The second-order valence-corrected chi connectivity index (χ2v) is 11.3. The number of thioether (sulfide) groups is 1. The third-order valence-electron chi connectivity index (χ3n) is 3.62. The zero-order valence-corrected chi connectivity index (χ0v) is 19.1. The average molecular weight is 553 g/mol. The van der Waals surface area contributed by atoms with Crippen molar-refractivity contribution in [1.29, 1.82) is 0 Å². The smallest absolute Gasteiger partial charge is 0.420 e. The molecule has 0 fully saturated rings. The van der Waals surface area contributed by atoms with Gasteiger partial charge in [-0.15, -0.1) is 9.46 Å². The zero-order chi connectivity index (χ0) is 22.4. The summed E-state index contributed by atoms with van der Waals surface area (Å²) in [4.78, 5) is 9.11. The van der Waals surface area contributed by atoms with Gasteiger partial charge in [-0.2, -0.15) is 20.5 Å². The van der Waals surface area contributed by atoms with Crippen molar-refractivity contribution in [3.63, 3.8) is 0 Å². The highest BCUT2D eigenvalue weighted by Crippen LogP contribution is 2.52. The molecule has 0 spiro atoms. The standard InChI is InChI=1S/C16H15BrF4O6P2S/c17-14-7-13(5-6-15(14)25-29(23,24)16(18)19)10-30-9-12-3-1-11(2-4-12)8-28(22,26-20)27-21/h1-7,16H,8-10H2,(H,23,24). The lowest BCUT2D eigenvalue weighted by atomic mass is 10.2. The second-order valence-electron chi connectivity index (χ2n) is 5.91. The van der Waals surface area contributed by atoms with Crippen molar-refractivity contribution < 1.29 is 45.8 Å². The SMILES string of the molecule is O=P(Cc1ccc(CSCc2ccc(OP(=O)(O)C(F)F)c(Br)c2)cc1)(OF)OF. The van der Waals surface area contributed by atoms with Gasteiger partial charge in [0.1, 0.15) is 5.75 Å². The maximum Gasteiger partial charge on any atom is 0.442 e. The Kier molecular flexibility index (Phi) is 9.42. The van der Waals surface area contributed by atoms with Crippen molar-refractivity contribution in [3.05, 3.63) is 63.6 Å². The van der Waals surface area contributed by atoms with Crippen LogP contribution in [0, 0.1) is 0 Å². The third kappa shape index (κ3) is 7.37. The number of hydrogen-bond donors (Lipinski definition) is 1. The maximum atomic E-state index is 12.5. The fourth-order valence-corrected chi connectivity index (χ4v) is 5.07. The van der Waals surface area contributed by atoms with E-state index in [1.807, 2.05) is 0 Å². The quantitative estimate of drug-likeness (QED) is 0.234. The van der Waals surface area contributed by atoms with Crippen LogP contribution in [0.2, 0.25) is 0 Å². The van der Waals surface area contributed by atoms with Crippen LogP contribution in [-0.4, -0.2) is 11.1 Å². The van der Waals surface area contributed by atoms with Gasteiger partial charge < -0.3 is 9.42 Å². The molecule has 0 saturated heterocycles. The topological polar surface area (TPSA) is 82.1 Å². The number of alkyl halides is 2. The van der Waals surface area contributed by atoms with E-state index >= 15 is 0 Å². The lowest BCUT2D eigenvalue weighted by Gasteiger charge is -2.14. The van der Waals surface area contributed by atoms with E-state index in [9.17, 15) is 27.0 Å². The van der Waals surface area contributed by atoms with Gasteiger partial charge in [-0.3, -0.25) is 4.57 Å². The Morgan fingerprint density at radius 2 is 1.50 bits per heavy atom. The molecule has 0 heterocycles. The minimum atomic E-state index is -5.05. The largest absolute Gasteiger partial charge is 0.442 e. The molecule has 6 nitrogen and oxygen atoms in total. The number of benzene rings is 2. The molecule has 2 aromatic rings. The van der Waals surface area contributed by atoms with Crippen LogP contribution >= 0.6 is 42.9 Å². The van der Waals surface area contributed by atoms with E-state index in [1.165, 1.54) is 17.8 Å². The summed E-state index contributed by atoms with van der Waals surface area (Å²) >= 11 is 4.63. The highest BCUT2D eigenvalue weighted by molar-refractivity contribution is 9.10. The van der Waals surface area contributed by atoms with Gasteiger partial charge in [0.05, 0.1) is 10.6 Å². The Labute approximate surface area is 181 Å². The predicted octanol–water partition coefficient (Wildman–Crippen LogP) is 7.16. The van der Waals surface area contributed by atoms with E-state index in [2.05, 4.69) is 29.9 Å². The molecule has 0 aromatic heterocycles. The molecule has 0 aliphatic carbocycles. The molecule has 2 aromatic carbocycles. The first-order valence-corrected chi connectivity index (χ1v) is 13.3. The molecule has 1 atom stereocenters. The Bertz CT molecular complexity index is 942. The van der Waals surface area contributed by atoms with Crippen molar-refractivity contribution in [2.75, 3.05) is 0 Å². The summed E-state index contributed by atoms with van der Waals surface area (Å²) < 4.78 is 82.7. The first-order valence-electron chi connectivity index (χ1n) is 8.02. The van der Waals surface area contributed by atoms with Crippen molar-refractivity contribution in [3.8, 4) is 5.75 Å². The van der Waals surface area contributed by atoms with Crippen LogP contribution in [-0.2, 0) is 36.3 Å². The monoisotopic (exact) mass is 552 g/mol. The van der Waals surface area contributed by atoms with Gasteiger partial charge in [0.15, 0.2) is 0 Å². The highest BCUT2D eigenvalue weighted by Gasteiger charge is 2.34. The van der Waals surface area contributed by atoms with Gasteiger partial charge in [-0.05, 0) is 53.8 Å². The summed E-state index contributed by atoms with van der Waals surface area (Å²) in [7, 11) is -9.49. The number of rotatable bonds is 11. The first kappa shape index (κ1) is 25.4. The Hall–Kier alpha value is -0.870. The molecular formula is C16H15BrF4O6P2S. The summed E-state index contributed by atoms with van der Waals surface area (Å²) in [5.74, 6) is 0.939. The first-order chi connectivity index (χ1) is 14.1. The highest BCUT2D eigenvalue weighted by atomic mass is 79.9. The summed E-state index contributed by atoms with van der Waals surface area (Å²) in [6.45, 7) is 0. The van der Waals surface area contributed by atoms with E-state index in [0.717, 1.165) is 11.1 Å². The van der Waals surface area contributed by atoms with Crippen molar-refractivity contribution in [1.82, 2.24) is 0 Å². The van der Waals surface area contributed by atoms with Crippen LogP contribution in [0.25, 0.3) is 0 Å². The molecule has 166 valence electrons. The summed E-state index contributed by atoms with van der Waals surface area (Å²) in [5, 5.41) is 0. The molecule has 0 saturated carbocycles.